The minimum Gasteiger partial charge on any atom is -0.352 e. The van der Waals surface area contributed by atoms with Crippen LogP contribution in [-0.2, 0) is 32.1 Å². The van der Waals surface area contributed by atoms with E-state index in [1.165, 1.54) is 34.1 Å². The molecule has 4 heterocycles. The van der Waals surface area contributed by atoms with Crippen LogP contribution in [0.1, 0.15) is 79.2 Å². The number of carbonyl (C=O) groups excluding carboxylic acids is 4. The Kier molecular flexibility index (Phi) is 13.5. The SMILES string of the molecule is CC[C@@H](C)C(=O)N[C@@H](CC)C(=O)N1C[C@@H](F)C[C@H]1Cn1c(-c2[nH]c3cc(F)ccc3c2C[C@@H]2C[C@H](F)CN2C(=O)[C@@H](CC(=O)[C@H](C)NC)C(C)C)nc2cc(F)ccc21. The molecule has 15 heteroatoms. The first-order valence-corrected chi connectivity index (χ1v) is 20.9. The summed E-state index contributed by atoms with van der Waals surface area (Å²) < 4.78 is 62.2. The van der Waals surface area contributed by atoms with Gasteiger partial charge in [-0.1, -0.05) is 34.6 Å². The Morgan fingerprint density at radius 2 is 1.53 bits per heavy atom. The summed E-state index contributed by atoms with van der Waals surface area (Å²) in [5, 5.41) is 6.39. The van der Waals surface area contributed by atoms with Crippen LogP contribution in [-0.4, -0.2) is 104 Å². The summed E-state index contributed by atoms with van der Waals surface area (Å²) >= 11 is 0. The number of nitrogens with one attached hydrogen (secondary N) is 3. The fourth-order valence-electron chi connectivity index (χ4n) is 8.59. The Hall–Kier alpha value is -4.79. The first-order valence-electron chi connectivity index (χ1n) is 20.9. The van der Waals surface area contributed by atoms with Crippen molar-refractivity contribution >= 4 is 45.4 Å². The molecule has 2 saturated heterocycles. The highest BCUT2D eigenvalue weighted by atomic mass is 19.1. The van der Waals surface area contributed by atoms with Crippen LogP contribution in [0, 0.1) is 29.4 Å². The summed E-state index contributed by atoms with van der Waals surface area (Å²) in [6.45, 7) is 10.7. The van der Waals surface area contributed by atoms with Crippen LogP contribution in [0.3, 0.4) is 0 Å². The normalized spacial score (nSPS) is 21.7. The largest absolute Gasteiger partial charge is 0.352 e. The standard InChI is InChI=1S/C44H57F4N7O4/c1-8-24(5)42(57)52-35(9-2)44(59)54-21-29(48)15-31(54)22-55-38-13-11-27(46)17-37(38)51-41(55)40-34(32-12-10-26(45)16-36(32)50-40)18-30-14-28(47)20-53(30)43(58)33(23(3)4)19-39(56)25(6)49-7/h10-13,16-17,23-25,28-31,33,35,49-50H,8-9,14-15,18-22H2,1-7H3,(H,52,57)/t24-,25+,28+,29+,30+,31+,33+,35+/m1/s1. The second-order valence-corrected chi connectivity index (χ2v) is 16.8. The van der Waals surface area contributed by atoms with Crippen molar-refractivity contribution in [3.8, 4) is 11.5 Å². The first kappa shape index (κ1) is 43.8. The lowest BCUT2D eigenvalue weighted by molar-refractivity contribution is -0.140. The number of H-pyrrole nitrogens is 1. The van der Waals surface area contributed by atoms with E-state index in [0.29, 0.717) is 46.3 Å². The average Bonchev–Trinajstić information content (AvgIpc) is 3.96. The van der Waals surface area contributed by atoms with Crippen LogP contribution in [0.25, 0.3) is 33.5 Å². The van der Waals surface area contributed by atoms with Gasteiger partial charge in [-0.3, -0.25) is 19.2 Å². The van der Waals surface area contributed by atoms with Gasteiger partial charge in [0.25, 0.3) is 0 Å². The zero-order chi connectivity index (χ0) is 42.9. The maximum absolute atomic E-state index is 15.5. The number of ketones is 1. The summed E-state index contributed by atoms with van der Waals surface area (Å²) in [5.74, 6) is -3.00. The summed E-state index contributed by atoms with van der Waals surface area (Å²) in [6, 6.07) is 5.77. The number of aromatic nitrogens is 3. The fourth-order valence-corrected chi connectivity index (χ4v) is 8.59. The van der Waals surface area contributed by atoms with Crippen molar-refractivity contribution in [3.63, 3.8) is 0 Å². The molecule has 0 spiro atoms. The van der Waals surface area contributed by atoms with Crippen molar-refractivity contribution < 1.29 is 36.7 Å². The van der Waals surface area contributed by atoms with E-state index in [4.69, 9.17) is 4.98 Å². The third-order valence-electron chi connectivity index (χ3n) is 12.5. The van der Waals surface area contributed by atoms with Gasteiger partial charge in [-0.05, 0) is 75.0 Å². The van der Waals surface area contributed by atoms with Gasteiger partial charge in [-0.25, -0.2) is 22.5 Å². The van der Waals surface area contributed by atoms with Gasteiger partial charge in [0.1, 0.15) is 35.8 Å². The van der Waals surface area contributed by atoms with Crippen molar-refractivity contribution in [2.45, 2.75) is 123 Å². The van der Waals surface area contributed by atoms with Gasteiger partial charge in [0, 0.05) is 60.7 Å². The lowest BCUT2D eigenvalue weighted by Crippen LogP contribution is -2.51. The van der Waals surface area contributed by atoms with Crippen LogP contribution >= 0.6 is 0 Å². The molecule has 2 aliphatic rings. The number of Topliss-reactive ketones (excluding diaryl/α,β-unsaturated/α-hetero) is 1. The molecule has 320 valence electrons. The maximum atomic E-state index is 15.5. The summed E-state index contributed by atoms with van der Waals surface area (Å²) in [4.78, 5) is 65.3. The predicted octanol–water partition coefficient (Wildman–Crippen LogP) is 6.66. The van der Waals surface area contributed by atoms with Crippen LogP contribution in [0.4, 0.5) is 17.6 Å². The van der Waals surface area contributed by atoms with Crippen LogP contribution in [0.5, 0.6) is 0 Å². The zero-order valence-corrected chi connectivity index (χ0v) is 35.0. The Morgan fingerprint density at radius 1 is 0.881 bits per heavy atom. The van der Waals surface area contributed by atoms with Crippen LogP contribution in [0.2, 0.25) is 0 Å². The number of benzene rings is 2. The number of aromatic amines is 1. The highest BCUT2D eigenvalue weighted by molar-refractivity contribution is 5.93. The predicted molar refractivity (Wildman–Crippen MR) is 219 cm³/mol. The minimum absolute atomic E-state index is 0.000531. The van der Waals surface area contributed by atoms with E-state index in [9.17, 15) is 28.0 Å². The number of rotatable bonds is 16. The van der Waals surface area contributed by atoms with Gasteiger partial charge >= 0.3 is 0 Å². The summed E-state index contributed by atoms with van der Waals surface area (Å²) in [7, 11) is 1.67. The van der Waals surface area contributed by atoms with Gasteiger partial charge in [0.2, 0.25) is 17.7 Å². The summed E-state index contributed by atoms with van der Waals surface area (Å²) in [6.07, 6.45) is -1.56. The van der Waals surface area contributed by atoms with E-state index in [0.717, 1.165) is 0 Å². The molecule has 4 aromatic rings. The van der Waals surface area contributed by atoms with Crippen molar-refractivity contribution in [1.29, 1.82) is 0 Å². The number of halogens is 4. The van der Waals surface area contributed by atoms with Crippen LogP contribution in [0.15, 0.2) is 36.4 Å². The van der Waals surface area contributed by atoms with Crippen molar-refractivity contribution in [1.82, 2.24) is 35.0 Å². The quantitative estimate of drug-likeness (QED) is 0.108. The molecule has 6 rings (SSSR count). The molecule has 8 atom stereocenters. The molecule has 2 aliphatic heterocycles. The van der Waals surface area contributed by atoms with Crippen LogP contribution < -0.4 is 10.6 Å². The van der Waals surface area contributed by atoms with E-state index < -0.39 is 60.0 Å². The number of hydrogen-bond acceptors (Lipinski definition) is 6. The van der Waals surface area contributed by atoms with Crippen molar-refractivity contribution in [2.75, 3.05) is 20.1 Å². The number of alkyl halides is 2. The lowest BCUT2D eigenvalue weighted by atomic mass is 9.87. The van der Waals surface area contributed by atoms with Gasteiger partial charge < -0.3 is 30.0 Å². The van der Waals surface area contributed by atoms with E-state index in [2.05, 4.69) is 15.6 Å². The molecule has 0 bridgehead atoms. The fraction of sp³-hybridized carbons (Fsp3) is 0.568. The molecule has 59 heavy (non-hydrogen) atoms. The Balaban J connectivity index is 1.40. The molecule has 11 nitrogen and oxygen atoms in total. The average molecular weight is 824 g/mol. The highest BCUT2D eigenvalue weighted by Gasteiger charge is 2.42. The Bertz CT molecular complexity index is 2190. The molecular weight excluding hydrogens is 767 g/mol. The van der Waals surface area contributed by atoms with E-state index in [1.807, 2.05) is 20.8 Å². The second kappa shape index (κ2) is 18.2. The van der Waals surface area contributed by atoms with Crippen molar-refractivity contribution in [2.24, 2.45) is 17.8 Å². The zero-order valence-electron chi connectivity index (χ0n) is 35.0. The molecule has 0 radical (unpaired) electrons. The Labute approximate surface area is 342 Å². The smallest absolute Gasteiger partial charge is 0.245 e. The number of likely N-dealkylation sites (N-methyl/N-ethyl adjacent to an activating group) is 1. The molecule has 3 N–H and O–H groups in total. The van der Waals surface area contributed by atoms with E-state index >= 15 is 8.78 Å². The summed E-state index contributed by atoms with van der Waals surface area (Å²) in [5.41, 5.74) is 2.26. The topological polar surface area (TPSA) is 132 Å². The number of carbonyl (C=O) groups is 4. The lowest BCUT2D eigenvalue weighted by Gasteiger charge is -2.31. The van der Waals surface area contributed by atoms with Crippen molar-refractivity contribution in [3.05, 3.63) is 53.6 Å². The van der Waals surface area contributed by atoms with Gasteiger partial charge in [0.05, 0.1) is 41.9 Å². The third-order valence-corrected chi connectivity index (χ3v) is 12.5. The highest BCUT2D eigenvalue weighted by Crippen LogP contribution is 2.38. The maximum Gasteiger partial charge on any atom is 0.245 e. The molecule has 0 unspecified atom stereocenters. The number of likely N-dealkylation sites (tertiary alicyclic amines) is 2. The molecule has 2 aromatic carbocycles. The van der Waals surface area contributed by atoms with Gasteiger partial charge in [-0.2, -0.15) is 0 Å². The molecule has 0 aliphatic carbocycles. The minimum atomic E-state index is -1.33. The molecular formula is C44H57F4N7O4. The van der Waals surface area contributed by atoms with Gasteiger partial charge in [0.15, 0.2) is 5.82 Å². The number of fused-ring (bicyclic) bond motifs is 2. The third kappa shape index (κ3) is 9.19. The van der Waals surface area contributed by atoms with Gasteiger partial charge in [-0.15, -0.1) is 0 Å². The van der Waals surface area contributed by atoms with E-state index in [1.54, 1.807) is 44.5 Å². The number of hydrogen-bond donors (Lipinski definition) is 3. The monoisotopic (exact) mass is 823 g/mol. The second-order valence-electron chi connectivity index (χ2n) is 16.8. The molecule has 2 aromatic heterocycles. The molecule has 2 fully saturated rings. The number of imidazole rings is 1. The molecule has 0 saturated carbocycles. The molecule has 3 amide bonds. The number of amides is 3. The Morgan fingerprint density at radius 3 is 2.17 bits per heavy atom. The first-order chi connectivity index (χ1) is 28.0. The number of nitrogens with zero attached hydrogens (tertiary/aromatic N) is 4. The van der Waals surface area contributed by atoms with E-state index in [-0.39, 0.29) is 80.3 Å².